The topological polar surface area (TPSA) is 107 Å². The van der Waals surface area contributed by atoms with E-state index in [1.165, 1.54) is 0 Å². The van der Waals surface area contributed by atoms with Gasteiger partial charge in [0.2, 0.25) is 0 Å². The Morgan fingerprint density at radius 1 is 1.07 bits per heavy atom. The fraction of sp³-hybridized carbons (Fsp3) is 0.485. The number of nitrogens with zero attached hydrogens (tertiary/aromatic N) is 3. The van der Waals surface area contributed by atoms with Gasteiger partial charge < -0.3 is 34.3 Å². The Bertz CT molecular complexity index is 1380. The third-order valence-corrected chi connectivity index (χ3v) is 8.48. The number of carbonyl (C=O) groups is 2. The summed E-state index contributed by atoms with van der Waals surface area (Å²) in [5.41, 5.74) is 3.10. The van der Waals surface area contributed by atoms with Crippen molar-refractivity contribution in [1.29, 1.82) is 0 Å². The van der Waals surface area contributed by atoms with Crippen molar-refractivity contribution in [2.45, 2.75) is 64.1 Å². The van der Waals surface area contributed by atoms with Crippen molar-refractivity contribution >= 4 is 12.0 Å². The third kappa shape index (κ3) is 6.96. The maximum Gasteiger partial charge on any atom is 0.407 e. The highest BCUT2D eigenvalue weighted by atomic mass is 16.5. The van der Waals surface area contributed by atoms with Crippen LogP contribution in [0.5, 0.6) is 11.5 Å². The van der Waals surface area contributed by atoms with E-state index in [2.05, 4.69) is 15.2 Å². The van der Waals surface area contributed by atoms with E-state index in [9.17, 15) is 9.59 Å². The van der Waals surface area contributed by atoms with Crippen molar-refractivity contribution in [3.8, 4) is 22.8 Å². The van der Waals surface area contributed by atoms with E-state index in [1.807, 2.05) is 60.4 Å². The predicted octanol–water partition coefficient (Wildman–Crippen LogP) is 4.98. The molecule has 2 aromatic carbocycles. The number of ether oxygens (including phenoxy) is 3. The second kappa shape index (κ2) is 14.4. The molecule has 1 aromatic heterocycles. The van der Waals surface area contributed by atoms with Crippen LogP contribution in [0.4, 0.5) is 4.79 Å². The molecule has 1 saturated heterocycles. The fourth-order valence-electron chi connectivity index (χ4n) is 6.29. The SMILES string of the molecule is CCOC(=O)N[C@H]1CCCC[C@@H]1n1cnc(C(=O)N2CCNC[C@H]2CCOc2cccc(OC)c2C)c1-c1ccccc1. The number of hydrogen-bond donors (Lipinski definition) is 2. The molecule has 230 valence electrons. The molecule has 10 nitrogen and oxygen atoms in total. The average Bonchev–Trinajstić information content (AvgIpc) is 3.48. The lowest BCUT2D eigenvalue weighted by atomic mass is 9.89. The van der Waals surface area contributed by atoms with Crippen LogP contribution in [0.1, 0.15) is 61.1 Å². The van der Waals surface area contributed by atoms with Gasteiger partial charge in [-0.2, -0.15) is 0 Å². The summed E-state index contributed by atoms with van der Waals surface area (Å²) in [6, 6.07) is 15.5. The van der Waals surface area contributed by atoms with Crippen LogP contribution in [0, 0.1) is 6.92 Å². The van der Waals surface area contributed by atoms with Gasteiger partial charge in [-0.15, -0.1) is 0 Å². The van der Waals surface area contributed by atoms with E-state index in [4.69, 9.17) is 19.2 Å². The Hall–Kier alpha value is -4.05. The number of rotatable bonds is 10. The lowest BCUT2D eigenvalue weighted by molar-refractivity contribution is 0.0601. The Morgan fingerprint density at radius 3 is 2.65 bits per heavy atom. The number of piperazine rings is 1. The minimum atomic E-state index is -0.410. The fourth-order valence-corrected chi connectivity index (χ4v) is 6.29. The Kier molecular flexibility index (Phi) is 10.2. The predicted molar refractivity (Wildman–Crippen MR) is 165 cm³/mol. The van der Waals surface area contributed by atoms with Gasteiger partial charge in [-0.25, -0.2) is 9.78 Å². The summed E-state index contributed by atoms with van der Waals surface area (Å²) in [7, 11) is 1.65. The first kappa shape index (κ1) is 30.4. The van der Waals surface area contributed by atoms with E-state index in [0.717, 1.165) is 54.0 Å². The van der Waals surface area contributed by atoms with Crippen molar-refractivity contribution < 1.29 is 23.8 Å². The van der Waals surface area contributed by atoms with Crippen LogP contribution in [0.2, 0.25) is 0 Å². The highest BCUT2D eigenvalue weighted by Gasteiger charge is 2.35. The van der Waals surface area contributed by atoms with Gasteiger partial charge in [0.15, 0.2) is 5.69 Å². The number of amides is 2. The lowest BCUT2D eigenvalue weighted by Gasteiger charge is -2.36. The van der Waals surface area contributed by atoms with Gasteiger partial charge in [0.1, 0.15) is 11.5 Å². The Balaban J connectivity index is 1.39. The largest absolute Gasteiger partial charge is 0.496 e. The third-order valence-electron chi connectivity index (χ3n) is 8.48. The van der Waals surface area contributed by atoms with E-state index < -0.39 is 6.09 Å². The van der Waals surface area contributed by atoms with Crippen molar-refractivity contribution in [2.75, 3.05) is 40.0 Å². The van der Waals surface area contributed by atoms with Crippen LogP contribution in [0.25, 0.3) is 11.3 Å². The minimum Gasteiger partial charge on any atom is -0.496 e. The Labute approximate surface area is 253 Å². The molecule has 0 radical (unpaired) electrons. The number of nitrogens with one attached hydrogen (secondary N) is 2. The molecule has 0 bridgehead atoms. The molecule has 0 unspecified atom stereocenters. The van der Waals surface area contributed by atoms with Crippen LogP contribution in [0.3, 0.4) is 0 Å². The zero-order chi connectivity index (χ0) is 30.2. The van der Waals surface area contributed by atoms with Crippen molar-refractivity contribution in [3.63, 3.8) is 0 Å². The first-order chi connectivity index (χ1) is 21.0. The quantitative estimate of drug-likeness (QED) is 0.344. The molecule has 0 spiro atoms. The van der Waals surface area contributed by atoms with Gasteiger partial charge >= 0.3 is 6.09 Å². The summed E-state index contributed by atoms with van der Waals surface area (Å²) < 4.78 is 18.9. The Morgan fingerprint density at radius 2 is 1.86 bits per heavy atom. The van der Waals surface area contributed by atoms with E-state index in [1.54, 1.807) is 20.4 Å². The second-order valence-electron chi connectivity index (χ2n) is 11.1. The first-order valence-corrected chi connectivity index (χ1v) is 15.3. The molecule has 43 heavy (non-hydrogen) atoms. The number of aromatic nitrogens is 2. The smallest absolute Gasteiger partial charge is 0.407 e. The first-order valence-electron chi connectivity index (χ1n) is 15.3. The molecule has 1 aliphatic heterocycles. The zero-order valence-electron chi connectivity index (χ0n) is 25.4. The summed E-state index contributed by atoms with van der Waals surface area (Å²) in [4.78, 5) is 33.4. The highest BCUT2D eigenvalue weighted by Crippen LogP contribution is 2.35. The van der Waals surface area contributed by atoms with Gasteiger partial charge in [0, 0.05) is 43.2 Å². The summed E-state index contributed by atoms with van der Waals surface area (Å²) in [6.07, 6.45) is 5.81. The van der Waals surface area contributed by atoms with E-state index >= 15 is 0 Å². The van der Waals surface area contributed by atoms with Gasteiger partial charge in [-0.3, -0.25) is 4.79 Å². The molecule has 2 heterocycles. The monoisotopic (exact) mass is 589 g/mol. The molecule has 2 fully saturated rings. The van der Waals surface area contributed by atoms with Gasteiger partial charge in [-0.05, 0) is 38.8 Å². The number of benzene rings is 2. The van der Waals surface area contributed by atoms with E-state index in [-0.39, 0.29) is 24.0 Å². The molecule has 3 atom stereocenters. The molecular weight excluding hydrogens is 546 g/mol. The maximum absolute atomic E-state index is 14.3. The molecular formula is C33H43N5O5. The number of carbonyl (C=O) groups excluding carboxylic acids is 2. The average molecular weight is 590 g/mol. The summed E-state index contributed by atoms with van der Waals surface area (Å²) in [6.45, 7) is 6.54. The van der Waals surface area contributed by atoms with Crippen molar-refractivity contribution in [1.82, 2.24) is 25.1 Å². The number of hydrogen-bond acceptors (Lipinski definition) is 7. The molecule has 5 rings (SSSR count). The number of imidazole rings is 1. The molecule has 1 aliphatic carbocycles. The van der Waals surface area contributed by atoms with Gasteiger partial charge in [0.05, 0.1) is 44.4 Å². The zero-order valence-corrected chi connectivity index (χ0v) is 25.4. The van der Waals surface area contributed by atoms with Crippen LogP contribution in [-0.2, 0) is 4.74 Å². The second-order valence-corrected chi connectivity index (χ2v) is 11.1. The van der Waals surface area contributed by atoms with Crippen molar-refractivity contribution in [3.05, 3.63) is 66.1 Å². The number of methoxy groups -OCH3 is 1. The van der Waals surface area contributed by atoms with Gasteiger partial charge in [0.25, 0.3) is 5.91 Å². The number of alkyl carbamates (subject to hydrolysis) is 1. The standard InChI is InChI=1S/C33H43N5O5/c1-4-42-33(40)36-26-13-8-9-14-27(26)38-22-35-30(31(38)24-11-6-5-7-12-24)32(39)37-19-18-34-21-25(37)17-20-43-29-16-10-15-28(41-3)23(29)2/h5-7,10-12,15-16,22,25-27,34H,4,8-9,13-14,17-21H2,1-3H3,(H,36,40)/t25-,26+,27+/m1/s1. The summed E-state index contributed by atoms with van der Waals surface area (Å²) >= 11 is 0. The van der Waals surface area contributed by atoms with Crippen LogP contribution < -0.4 is 20.1 Å². The highest BCUT2D eigenvalue weighted by molar-refractivity contribution is 5.98. The van der Waals surface area contributed by atoms with E-state index in [0.29, 0.717) is 45.0 Å². The molecule has 10 heteroatoms. The van der Waals surface area contributed by atoms with Gasteiger partial charge in [-0.1, -0.05) is 49.2 Å². The molecule has 3 aromatic rings. The molecule has 2 aliphatic rings. The van der Waals surface area contributed by atoms with Crippen LogP contribution in [0.15, 0.2) is 54.9 Å². The molecule has 1 saturated carbocycles. The van der Waals surface area contributed by atoms with Crippen molar-refractivity contribution in [2.24, 2.45) is 0 Å². The summed E-state index contributed by atoms with van der Waals surface area (Å²) in [5.74, 6) is 1.48. The maximum atomic E-state index is 14.3. The molecule has 2 N–H and O–H groups in total. The molecule has 2 amide bonds. The van der Waals surface area contributed by atoms with Crippen LogP contribution >= 0.6 is 0 Å². The normalized spacial score (nSPS) is 20.3. The summed E-state index contributed by atoms with van der Waals surface area (Å²) in [5, 5.41) is 6.51. The lowest BCUT2D eigenvalue weighted by Crippen LogP contribution is -2.54. The minimum absolute atomic E-state index is 0.0410. The van der Waals surface area contributed by atoms with Crippen LogP contribution in [-0.4, -0.2) is 78.5 Å².